The van der Waals surface area contributed by atoms with Crippen molar-refractivity contribution in [2.75, 3.05) is 6.54 Å². The molecular weight excluding hydrogens is 612 g/mol. The van der Waals surface area contributed by atoms with E-state index in [1.54, 1.807) is 42.5 Å². The van der Waals surface area contributed by atoms with Gasteiger partial charge in [0, 0.05) is 32.7 Å². The standard InChI is InChI=1S/C31H42N8O8/c1-18(40)36-23(13-14-26(42)43)29(46)39-25(17-19-6-3-2-4-7-19)30(47)37-22(8-5-15-35-31(33)34)28(45)38-24(27(32)44)16-20-9-11-21(41)12-10-20/h2-4,6-7,9-12,22-25,41H,5,8,13-17H2,1H3,(H2,32,44)(H,36,40)(H,37,47)(H,38,45)(H,39,46)(H,42,43)(H4,33,34,35)/t22-,23-,24-,25-/m0/s1. The Morgan fingerprint density at radius 2 is 1.21 bits per heavy atom. The highest BCUT2D eigenvalue weighted by Gasteiger charge is 2.31. The molecule has 0 aromatic heterocycles. The summed E-state index contributed by atoms with van der Waals surface area (Å²) >= 11 is 0. The number of nitrogens with zero attached hydrogens (tertiary/aromatic N) is 1. The average Bonchev–Trinajstić information content (AvgIpc) is 3.00. The Labute approximate surface area is 271 Å². The molecule has 16 heteroatoms. The fraction of sp³-hybridized carbons (Fsp3) is 0.387. The van der Waals surface area contributed by atoms with Crippen molar-refractivity contribution in [2.45, 2.75) is 69.6 Å². The van der Waals surface area contributed by atoms with Gasteiger partial charge in [-0.1, -0.05) is 42.5 Å². The first-order valence-corrected chi connectivity index (χ1v) is 14.8. The van der Waals surface area contributed by atoms with Crippen LogP contribution >= 0.6 is 0 Å². The zero-order valence-electron chi connectivity index (χ0n) is 26.0. The summed E-state index contributed by atoms with van der Waals surface area (Å²) in [4.78, 5) is 79.5. The van der Waals surface area contributed by atoms with Crippen LogP contribution in [0.25, 0.3) is 0 Å². The zero-order valence-corrected chi connectivity index (χ0v) is 26.0. The zero-order chi connectivity index (χ0) is 34.9. The molecule has 0 fully saturated rings. The second-order valence-corrected chi connectivity index (χ2v) is 10.8. The van der Waals surface area contributed by atoms with Gasteiger partial charge in [0.1, 0.15) is 29.9 Å². The number of benzene rings is 2. The van der Waals surface area contributed by atoms with Crippen LogP contribution < -0.4 is 38.5 Å². The van der Waals surface area contributed by atoms with Crippen molar-refractivity contribution in [1.29, 1.82) is 0 Å². The lowest BCUT2D eigenvalue weighted by Gasteiger charge is -2.26. The molecule has 5 amide bonds. The van der Waals surface area contributed by atoms with Crippen LogP contribution in [-0.2, 0) is 41.6 Å². The lowest BCUT2D eigenvalue weighted by atomic mass is 10.0. The van der Waals surface area contributed by atoms with Crippen LogP contribution in [0.2, 0.25) is 0 Å². The van der Waals surface area contributed by atoms with E-state index in [1.807, 2.05) is 0 Å². The maximum absolute atomic E-state index is 13.7. The molecular formula is C31H42N8O8. The van der Waals surface area contributed by atoms with Gasteiger partial charge in [0.2, 0.25) is 29.5 Å². The minimum absolute atomic E-state index is 0.00356. The molecule has 12 N–H and O–H groups in total. The molecule has 0 radical (unpaired) electrons. The van der Waals surface area contributed by atoms with Gasteiger partial charge in [-0.3, -0.25) is 33.8 Å². The number of nitrogens with two attached hydrogens (primary N) is 3. The summed E-state index contributed by atoms with van der Waals surface area (Å²) in [6.07, 6.45) is -0.396. The summed E-state index contributed by atoms with van der Waals surface area (Å²) in [7, 11) is 0. The van der Waals surface area contributed by atoms with Gasteiger partial charge in [0.15, 0.2) is 5.96 Å². The predicted octanol–water partition coefficient (Wildman–Crippen LogP) is -1.46. The number of amides is 5. The number of aromatic hydroxyl groups is 1. The van der Waals surface area contributed by atoms with E-state index in [1.165, 1.54) is 19.1 Å². The van der Waals surface area contributed by atoms with E-state index in [0.29, 0.717) is 11.1 Å². The minimum atomic E-state index is -1.26. The van der Waals surface area contributed by atoms with E-state index < -0.39 is 66.1 Å². The molecule has 0 saturated heterocycles. The second-order valence-electron chi connectivity index (χ2n) is 10.8. The molecule has 254 valence electrons. The summed E-state index contributed by atoms with van der Waals surface area (Å²) < 4.78 is 0. The lowest BCUT2D eigenvalue weighted by molar-refractivity contribution is -0.138. The summed E-state index contributed by atoms with van der Waals surface area (Å²) in [6, 6.07) is 9.73. The fourth-order valence-corrected chi connectivity index (χ4v) is 4.52. The number of guanidine groups is 1. The first-order chi connectivity index (χ1) is 22.2. The number of nitrogens with one attached hydrogen (secondary N) is 4. The third-order valence-corrected chi connectivity index (χ3v) is 6.87. The van der Waals surface area contributed by atoms with Crippen LogP contribution in [0.4, 0.5) is 0 Å². The molecule has 4 atom stereocenters. The SMILES string of the molecule is CC(=O)N[C@@H](CCC(=O)O)C(=O)N[C@@H](Cc1ccccc1)C(=O)N[C@@H](CCCN=C(N)N)C(=O)N[C@@H](Cc1ccc(O)cc1)C(N)=O. The molecule has 0 unspecified atom stereocenters. The topological polar surface area (TPSA) is 281 Å². The number of aliphatic imine (C=N–C) groups is 1. The van der Waals surface area contributed by atoms with Crippen LogP contribution in [-0.4, -0.2) is 82.4 Å². The minimum Gasteiger partial charge on any atom is -0.508 e. The first-order valence-electron chi connectivity index (χ1n) is 14.8. The third-order valence-electron chi connectivity index (χ3n) is 6.87. The Bertz CT molecular complexity index is 1410. The monoisotopic (exact) mass is 654 g/mol. The van der Waals surface area contributed by atoms with Gasteiger partial charge in [0.05, 0.1) is 0 Å². The maximum Gasteiger partial charge on any atom is 0.303 e. The largest absolute Gasteiger partial charge is 0.508 e. The van der Waals surface area contributed by atoms with Crippen molar-refractivity contribution < 1.29 is 39.0 Å². The Morgan fingerprint density at radius 1 is 0.702 bits per heavy atom. The van der Waals surface area contributed by atoms with E-state index >= 15 is 0 Å². The summed E-state index contributed by atoms with van der Waals surface area (Å²) in [5.74, 6) is -5.05. The highest BCUT2D eigenvalue weighted by Crippen LogP contribution is 2.12. The third kappa shape index (κ3) is 14.3. The molecule has 2 rings (SSSR count). The summed E-state index contributed by atoms with van der Waals surface area (Å²) in [5.41, 5.74) is 17.6. The van der Waals surface area contributed by atoms with Crippen molar-refractivity contribution in [2.24, 2.45) is 22.2 Å². The predicted molar refractivity (Wildman–Crippen MR) is 171 cm³/mol. The Kier molecular flexibility index (Phi) is 15.2. The van der Waals surface area contributed by atoms with E-state index in [0.717, 1.165) is 0 Å². The Balaban J connectivity index is 2.32. The molecule has 47 heavy (non-hydrogen) atoms. The lowest BCUT2D eigenvalue weighted by Crippen LogP contribution is -2.58. The van der Waals surface area contributed by atoms with E-state index in [-0.39, 0.29) is 50.4 Å². The molecule has 2 aromatic carbocycles. The number of hydrogen-bond acceptors (Lipinski definition) is 8. The van der Waals surface area contributed by atoms with Gasteiger partial charge in [-0.05, 0) is 42.5 Å². The number of aliphatic carboxylic acids is 1. The molecule has 0 spiro atoms. The normalized spacial score (nSPS) is 13.1. The number of primary amides is 1. The summed E-state index contributed by atoms with van der Waals surface area (Å²) in [5, 5.41) is 28.8. The fourth-order valence-electron chi connectivity index (χ4n) is 4.52. The average molecular weight is 655 g/mol. The van der Waals surface area contributed by atoms with Crippen molar-refractivity contribution in [3.63, 3.8) is 0 Å². The van der Waals surface area contributed by atoms with Crippen molar-refractivity contribution >= 4 is 41.5 Å². The van der Waals surface area contributed by atoms with Gasteiger partial charge in [-0.2, -0.15) is 0 Å². The van der Waals surface area contributed by atoms with Crippen LogP contribution in [0.15, 0.2) is 59.6 Å². The molecule has 2 aromatic rings. The number of rotatable bonds is 19. The van der Waals surface area contributed by atoms with Gasteiger partial charge in [0.25, 0.3) is 0 Å². The maximum atomic E-state index is 13.7. The van der Waals surface area contributed by atoms with Crippen LogP contribution in [0.1, 0.15) is 43.7 Å². The van der Waals surface area contributed by atoms with Crippen molar-refractivity contribution in [3.05, 3.63) is 65.7 Å². The Morgan fingerprint density at radius 3 is 1.77 bits per heavy atom. The van der Waals surface area contributed by atoms with Gasteiger partial charge >= 0.3 is 5.97 Å². The molecule has 0 aliphatic rings. The first kappa shape index (κ1) is 37.5. The second kappa shape index (κ2) is 19.0. The van der Waals surface area contributed by atoms with Crippen LogP contribution in [0.3, 0.4) is 0 Å². The number of carbonyl (C=O) groups is 6. The molecule has 0 aliphatic heterocycles. The number of hydrogen-bond donors (Lipinski definition) is 9. The molecule has 16 nitrogen and oxygen atoms in total. The Hall–Kier alpha value is -5.67. The van der Waals surface area contributed by atoms with Crippen LogP contribution in [0.5, 0.6) is 5.75 Å². The number of carboxylic acid groups (broad SMARTS) is 1. The van der Waals surface area contributed by atoms with Crippen molar-refractivity contribution in [3.8, 4) is 5.75 Å². The van der Waals surface area contributed by atoms with Gasteiger partial charge in [-0.15, -0.1) is 0 Å². The number of phenols is 1. The number of phenolic OH excluding ortho intramolecular Hbond substituents is 1. The highest BCUT2D eigenvalue weighted by molar-refractivity contribution is 5.95. The number of carbonyl (C=O) groups excluding carboxylic acids is 5. The van der Waals surface area contributed by atoms with E-state index in [2.05, 4.69) is 26.3 Å². The molecule has 0 saturated carbocycles. The molecule has 0 aliphatic carbocycles. The van der Waals surface area contributed by atoms with E-state index in [9.17, 15) is 33.9 Å². The van der Waals surface area contributed by atoms with Gasteiger partial charge in [-0.25, -0.2) is 0 Å². The quantitative estimate of drug-likeness (QED) is 0.0482. The molecule has 0 bridgehead atoms. The van der Waals surface area contributed by atoms with Crippen molar-refractivity contribution in [1.82, 2.24) is 21.3 Å². The van der Waals surface area contributed by atoms with Gasteiger partial charge < -0.3 is 48.7 Å². The smallest absolute Gasteiger partial charge is 0.303 e. The van der Waals surface area contributed by atoms with E-state index in [4.69, 9.17) is 22.3 Å². The molecule has 0 heterocycles. The summed E-state index contributed by atoms with van der Waals surface area (Å²) in [6.45, 7) is 1.29. The van der Waals surface area contributed by atoms with Crippen LogP contribution in [0, 0.1) is 0 Å². The number of carboxylic acids is 1. The highest BCUT2D eigenvalue weighted by atomic mass is 16.4.